The molecule has 0 aromatic rings. The molecule has 0 aromatic carbocycles. The molecule has 0 spiro atoms. The van der Waals surface area contributed by atoms with Crippen LogP contribution in [0, 0.1) is 0 Å². The average Bonchev–Trinajstić information content (AvgIpc) is 1.85. The minimum Gasteiger partial charge on any atom is -0.228 e. The van der Waals surface area contributed by atoms with Gasteiger partial charge < -0.3 is 0 Å². The molecule has 1 aliphatic rings. The average molecular weight is 217 g/mol. The molecule has 1 saturated heterocycles. The van der Waals surface area contributed by atoms with Gasteiger partial charge in [0.15, 0.2) is 9.84 Å². The zero-order chi connectivity index (χ0) is 8.48. The van der Waals surface area contributed by atoms with Crippen LogP contribution >= 0.6 is 23.2 Å². The number of hydrogen-bond donors (Lipinski definition) is 0. The highest BCUT2D eigenvalue weighted by Crippen LogP contribution is 2.23. The lowest BCUT2D eigenvalue weighted by molar-refractivity contribution is 0.553. The van der Waals surface area contributed by atoms with E-state index in [0.29, 0.717) is 6.42 Å². The lowest BCUT2D eigenvalue weighted by Crippen LogP contribution is -2.35. The standard InChI is InChI=1S/C6H10Cl2O2S/c7-3-6-2-1-5(8)4-11(6,9)10/h5-6H,1-4H2/t5-,6+/m1/s1. The third-order valence-electron chi connectivity index (χ3n) is 1.89. The van der Waals surface area contributed by atoms with Crippen molar-refractivity contribution in [2.45, 2.75) is 23.5 Å². The molecular formula is C6H10Cl2O2S. The number of alkyl halides is 2. The van der Waals surface area contributed by atoms with Gasteiger partial charge in [-0.25, -0.2) is 8.42 Å². The third-order valence-corrected chi connectivity index (χ3v) is 5.29. The van der Waals surface area contributed by atoms with Gasteiger partial charge in [-0.1, -0.05) is 0 Å². The maximum atomic E-state index is 11.3. The lowest BCUT2D eigenvalue weighted by atomic mass is 10.2. The largest absolute Gasteiger partial charge is 0.228 e. The zero-order valence-corrected chi connectivity index (χ0v) is 8.29. The third kappa shape index (κ3) is 2.23. The summed E-state index contributed by atoms with van der Waals surface area (Å²) in [5, 5.41) is -0.571. The minimum absolute atomic E-state index is 0.0892. The van der Waals surface area contributed by atoms with Crippen molar-refractivity contribution in [3.05, 3.63) is 0 Å². The van der Waals surface area contributed by atoms with Crippen molar-refractivity contribution in [3.8, 4) is 0 Å². The van der Waals surface area contributed by atoms with E-state index in [2.05, 4.69) is 0 Å². The Kier molecular flexibility index (Phi) is 3.06. The summed E-state index contributed by atoms with van der Waals surface area (Å²) >= 11 is 11.2. The molecule has 1 heterocycles. The number of hydrogen-bond acceptors (Lipinski definition) is 2. The van der Waals surface area contributed by atoms with Gasteiger partial charge in [-0.3, -0.25) is 0 Å². The molecule has 0 radical (unpaired) electrons. The molecule has 0 saturated carbocycles. The minimum atomic E-state index is -2.99. The maximum Gasteiger partial charge on any atom is 0.155 e. The summed E-state index contributed by atoms with van der Waals surface area (Å²) in [4.78, 5) is 0. The summed E-state index contributed by atoms with van der Waals surface area (Å²) in [6.07, 6.45) is 1.37. The van der Waals surface area contributed by atoms with E-state index in [1.54, 1.807) is 0 Å². The highest BCUT2D eigenvalue weighted by atomic mass is 35.5. The second-order valence-corrected chi connectivity index (χ2v) is 6.03. The van der Waals surface area contributed by atoms with Crippen molar-refractivity contribution in [2.24, 2.45) is 0 Å². The summed E-state index contributed by atoms with van der Waals surface area (Å²) in [6, 6.07) is 0. The van der Waals surface area contributed by atoms with Crippen LogP contribution in [0.2, 0.25) is 0 Å². The molecule has 1 fully saturated rings. The van der Waals surface area contributed by atoms with Crippen LogP contribution < -0.4 is 0 Å². The molecule has 0 unspecified atom stereocenters. The van der Waals surface area contributed by atoms with Gasteiger partial charge in [0, 0.05) is 11.3 Å². The van der Waals surface area contributed by atoms with Crippen molar-refractivity contribution in [3.63, 3.8) is 0 Å². The summed E-state index contributed by atoms with van der Waals surface area (Å²) in [7, 11) is -2.99. The van der Waals surface area contributed by atoms with Crippen LogP contribution in [0.3, 0.4) is 0 Å². The number of halogens is 2. The van der Waals surface area contributed by atoms with Crippen molar-refractivity contribution in [2.75, 3.05) is 11.6 Å². The van der Waals surface area contributed by atoms with E-state index in [1.165, 1.54) is 0 Å². The Morgan fingerprint density at radius 1 is 1.36 bits per heavy atom. The molecule has 0 aromatic heterocycles. The number of rotatable bonds is 1. The van der Waals surface area contributed by atoms with Gasteiger partial charge in [-0.15, -0.1) is 23.2 Å². The summed E-state index contributed by atoms with van der Waals surface area (Å²) in [5.41, 5.74) is 0. The highest BCUT2D eigenvalue weighted by Gasteiger charge is 2.32. The Morgan fingerprint density at radius 3 is 2.45 bits per heavy atom. The van der Waals surface area contributed by atoms with Gasteiger partial charge in [-0.2, -0.15) is 0 Å². The van der Waals surface area contributed by atoms with Gasteiger partial charge >= 0.3 is 0 Å². The molecular weight excluding hydrogens is 207 g/mol. The molecule has 1 rings (SSSR count). The molecule has 0 N–H and O–H groups in total. The first-order valence-electron chi connectivity index (χ1n) is 3.48. The quantitative estimate of drug-likeness (QED) is 0.622. The van der Waals surface area contributed by atoms with E-state index in [1.807, 2.05) is 0 Å². The van der Waals surface area contributed by atoms with Gasteiger partial charge in [-0.05, 0) is 12.8 Å². The van der Waals surface area contributed by atoms with Gasteiger partial charge in [0.2, 0.25) is 0 Å². The molecule has 0 bridgehead atoms. The predicted octanol–water partition coefficient (Wildman–Crippen LogP) is 1.41. The zero-order valence-electron chi connectivity index (χ0n) is 5.96. The fraction of sp³-hybridized carbons (Fsp3) is 1.00. The van der Waals surface area contributed by atoms with Gasteiger partial charge in [0.1, 0.15) is 0 Å². The number of sulfone groups is 1. The Bertz CT molecular complexity index is 225. The van der Waals surface area contributed by atoms with Gasteiger partial charge in [0.25, 0.3) is 0 Å². The van der Waals surface area contributed by atoms with Crippen molar-refractivity contribution in [1.29, 1.82) is 0 Å². The van der Waals surface area contributed by atoms with Crippen LogP contribution in [0.15, 0.2) is 0 Å². The van der Waals surface area contributed by atoms with Crippen molar-refractivity contribution in [1.82, 2.24) is 0 Å². The second kappa shape index (κ2) is 3.50. The summed E-state index contributed by atoms with van der Waals surface area (Å²) < 4.78 is 22.5. The van der Waals surface area contributed by atoms with E-state index in [-0.39, 0.29) is 22.3 Å². The van der Waals surface area contributed by atoms with E-state index >= 15 is 0 Å². The smallest absolute Gasteiger partial charge is 0.155 e. The van der Waals surface area contributed by atoms with Crippen LogP contribution in [-0.2, 0) is 9.84 Å². The highest BCUT2D eigenvalue weighted by molar-refractivity contribution is 7.92. The molecule has 11 heavy (non-hydrogen) atoms. The molecule has 5 heteroatoms. The van der Waals surface area contributed by atoms with Crippen LogP contribution in [0.25, 0.3) is 0 Å². The van der Waals surface area contributed by atoms with Crippen LogP contribution in [-0.4, -0.2) is 30.7 Å². The molecule has 66 valence electrons. The van der Waals surface area contributed by atoms with Gasteiger partial charge in [0.05, 0.1) is 11.0 Å². The van der Waals surface area contributed by atoms with E-state index < -0.39 is 9.84 Å². The topological polar surface area (TPSA) is 34.1 Å². The van der Waals surface area contributed by atoms with Crippen molar-refractivity contribution < 1.29 is 8.42 Å². The first kappa shape index (κ1) is 9.62. The Morgan fingerprint density at radius 2 is 2.00 bits per heavy atom. The van der Waals surface area contributed by atoms with E-state index in [9.17, 15) is 8.42 Å². The van der Waals surface area contributed by atoms with E-state index in [4.69, 9.17) is 23.2 Å². The SMILES string of the molecule is O=S1(=O)C[C@H](Cl)CC[C@H]1CCl. The lowest BCUT2D eigenvalue weighted by Gasteiger charge is -2.23. The molecule has 0 aliphatic carbocycles. The second-order valence-electron chi connectivity index (χ2n) is 2.78. The molecule has 1 aliphatic heterocycles. The summed E-state index contributed by atoms with van der Waals surface area (Å²) in [6.45, 7) is 0. The monoisotopic (exact) mass is 216 g/mol. The Hall–Kier alpha value is 0.530. The Labute approximate surface area is 76.8 Å². The normalized spacial score (nSPS) is 36.9. The fourth-order valence-corrected chi connectivity index (χ4v) is 4.20. The first-order valence-corrected chi connectivity index (χ1v) is 6.16. The fourth-order valence-electron chi connectivity index (χ4n) is 1.19. The van der Waals surface area contributed by atoms with Crippen LogP contribution in [0.5, 0.6) is 0 Å². The summed E-state index contributed by atoms with van der Waals surface area (Å²) in [5.74, 6) is 0.290. The first-order chi connectivity index (χ1) is 5.06. The Balaban J connectivity index is 2.73. The van der Waals surface area contributed by atoms with Crippen LogP contribution in [0.1, 0.15) is 12.8 Å². The van der Waals surface area contributed by atoms with Crippen LogP contribution in [0.4, 0.5) is 0 Å². The molecule has 0 amide bonds. The van der Waals surface area contributed by atoms with E-state index in [0.717, 1.165) is 6.42 Å². The van der Waals surface area contributed by atoms with Crippen molar-refractivity contribution >= 4 is 33.0 Å². The predicted molar refractivity (Wildman–Crippen MR) is 47.2 cm³/mol. The molecule has 2 atom stereocenters. The molecule has 2 nitrogen and oxygen atoms in total. The maximum absolute atomic E-state index is 11.3.